The Kier molecular flexibility index (Phi) is 5.61. The third-order valence-corrected chi connectivity index (χ3v) is 5.04. The largest absolute Gasteiger partial charge is 0.497 e. The lowest BCUT2D eigenvalue weighted by atomic mass is 10.1. The van der Waals surface area contributed by atoms with Crippen LogP contribution < -0.4 is 10.1 Å². The summed E-state index contributed by atoms with van der Waals surface area (Å²) in [7, 11) is 3.25. The lowest BCUT2D eigenvalue weighted by molar-refractivity contribution is -0.134. The van der Waals surface area contributed by atoms with Gasteiger partial charge in [0.05, 0.1) is 13.7 Å². The number of benzene rings is 2. The van der Waals surface area contributed by atoms with Gasteiger partial charge in [-0.2, -0.15) is 0 Å². The molecule has 1 saturated carbocycles. The first-order chi connectivity index (χ1) is 12.5. The lowest BCUT2D eigenvalue weighted by Crippen LogP contribution is -2.36. The number of halogens is 1. The average Bonchev–Trinajstić information content (AvgIpc) is 3.42. The molecule has 0 aliphatic heterocycles. The van der Waals surface area contributed by atoms with Crippen LogP contribution in [0.3, 0.4) is 0 Å². The zero-order valence-corrected chi connectivity index (χ0v) is 16.3. The Morgan fingerprint density at radius 3 is 2.65 bits per heavy atom. The van der Waals surface area contributed by atoms with Crippen LogP contribution in [0.5, 0.6) is 5.75 Å². The summed E-state index contributed by atoms with van der Waals surface area (Å²) in [4.78, 5) is 26.3. The van der Waals surface area contributed by atoms with E-state index in [1.54, 1.807) is 38.4 Å². The SMILES string of the molecule is COc1cccc(NC(=O)CN(C)C(=O)C2CC2c2ccc(Br)cc2)c1. The quantitative estimate of drug-likeness (QED) is 0.781. The molecule has 0 spiro atoms. The molecule has 0 aromatic heterocycles. The average molecular weight is 417 g/mol. The van der Waals surface area contributed by atoms with E-state index in [1.807, 2.05) is 24.3 Å². The maximum atomic E-state index is 12.6. The Bertz CT molecular complexity index is 807. The summed E-state index contributed by atoms with van der Waals surface area (Å²) >= 11 is 3.42. The fourth-order valence-electron chi connectivity index (χ4n) is 3.02. The third kappa shape index (κ3) is 4.43. The van der Waals surface area contributed by atoms with Crippen molar-refractivity contribution in [1.29, 1.82) is 0 Å². The first-order valence-electron chi connectivity index (χ1n) is 8.42. The monoisotopic (exact) mass is 416 g/mol. The molecule has 2 amide bonds. The Balaban J connectivity index is 1.52. The highest BCUT2D eigenvalue weighted by Crippen LogP contribution is 2.48. The molecule has 2 atom stereocenters. The molecule has 2 aromatic carbocycles. The van der Waals surface area contributed by atoms with Gasteiger partial charge in [0, 0.05) is 29.2 Å². The van der Waals surface area contributed by atoms with Crippen molar-refractivity contribution in [2.45, 2.75) is 12.3 Å². The number of hydrogen-bond acceptors (Lipinski definition) is 3. The minimum Gasteiger partial charge on any atom is -0.497 e. The van der Waals surface area contributed by atoms with Crippen molar-refractivity contribution in [1.82, 2.24) is 4.90 Å². The number of nitrogens with one attached hydrogen (secondary N) is 1. The van der Waals surface area contributed by atoms with Gasteiger partial charge in [-0.15, -0.1) is 0 Å². The van der Waals surface area contributed by atoms with Crippen LogP contribution in [0, 0.1) is 5.92 Å². The van der Waals surface area contributed by atoms with Gasteiger partial charge in [0.1, 0.15) is 5.75 Å². The van der Waals surface area contributed by atoms with Gasteiger partial charge in [-0.25, -0.2) is 0 Å². The van der Waals surface area contributed by atoms with E-state index < -0.39 is 0 Å². The van der Waals surface area contributed by atoms with Crippen molar-refractivity contribution in [2.24, 2.45) is 5.92 Å². The van der Waals surface area contributed by atoms with E-state index in [2.05, 4.69) is 21.2 Å². The molecule has 0 saturated heterocycles. The molecule has 2 aromatic rings. The second kappa shape index (κ2) is 7.91. The van der Waals surface area contributed by atoms with Gasteiger partial charge in [0.15, 0.2) is 0 Å². The van der Waals surface area contributed by atoms with Crippen molar-refractivity contribution in [3.05, 3.63) is 58.6 Å². The maximum absolute atomic E-state index is 12.6. The Morgan fingerprint density at radius 1 is 1.23 bits per heavy atom. The fraction of sp³-hybridized carbons (Fsp3) is 0.300. The molecule has 2 unspecified atom stereocenters. The molecule has 1 aliphatic rings. The van der Waals surface area contributed by atoms with E-state index in [4.69, 9.17) is 4.74 Å². The molecular weight excluding hydrogens is 396 g/mol. The summed E-state index contributed by atoms with van der Waals surface area (Å²) in [5.41, 5.74) is 1.81. The van der Waals surface area contributed by atoms with Crippen LogP contribution in [-0.2, 0) is 9.59 Å². The molecule has 3 rings (SSSR count). The minimum absolute atomic E-state index is 0.0127. The van der Waals surface area contributed by atoms with Crippen LogP contribution in [0.2, 0.25) is 0 Å². The highest BCUT2D eigenvalue weighted by Gasteiger charge is 2.45. The summed E-state index contributed by atoms with van der Waals surface area (Å²) in [5.74, 6) is 0.668. The Morgan fingerprint density at radius 2 is 1.96 bits per heavy atom. The predicted octanol–water partition coefficient (Wildman–Crippen LogP) is 3.66. The van der Waals surface area contributed by atoms with Gasteiger partial charge in [-0.05, 0) is 42.2 Å². The molecule has 26 heavy (non-hydrogen) atoms. The molecule has 136 valence electrons. The second-order valence-corrected chi connectivity index (χ2v) is 7.39. The molecule has 5 nitrogen and oxygen atoms in total. The minimum atomic E-state index is -0.227. The molecule has 1 aliphatic carbocycles. The number of rotatable bonds is 6. The summed E-state index contributed by atoms with van der Waals surface area (Å²) in [6.07, 6.45) is 0.836. The first-order valence-corrected chi connectivity index (χ1v) is 9.21. The number of anilines is 1. The number of carbonyl (C=O) groups excluding carboxylic acids is 2. The van der Waals surface area contributed by atoms with Gasteiger partial charge < -0.3 is 15.0 Å². The number of likely N-dealkylation sites (N-methyl/N-ethyl adjacent to an activating group) is 1. The number of amides is 2. The van der Waals surface area contributed by atoms with Crippen LogP contribution in [0.15, 0.2) is 53.0 Å². The Labute approximate surface area is 161 Å². The van der Waals surface area contributed by atoms with Crippen molar-refractivity contribution in [3.8, 4) is 5.75 Å². The van der Waals surface area contributed by atoms with Gasteiger partial charge >= 0.3 is 0 Å². The topological polar surface area (TPSA) is 58.6 Å². The van der Waals surface area contributed by atoms with Crippen LogP contribution in [0.4, 0.5) is 5.69 Å². The highest BCUT2D eigenvalue weighted by atomic mass is 79.9. The Hall–Kier alpha value is -2.34. The smallest absolute Gasteiger partial charge is 0.243 e. The standard InChI is InChI=1S/C20H21BrN2O3/c1-23(12-19(24)22-15-4-3-5-16(10-15)26-2)20(25)18-11-17(18)13-6-8-14(21)9-7-13/h3-10,17-18H,11-12H2,1-2H3,(H,22,24). The van der Waals surface area contributed by atoms with Crippen LogP contribution in [0.1, 0.15) is 17.9 Å². The van der Waals surface area contributed by atoms with E-state index in [0.29, 0.717) is 11.4 Å². The number of hydrogen-bond donors (Lipinski definition) is 1. The molecule has 0 heterocycles. The number of ether oxygens (including phenoxy) is 1. The van der Waals surface area contributed by atoms with Gasteiger partial charge in [0.2, 0.25) is 11.8 Å². The summed E-state index contributed by atoms with van der Waals surface area (Å²) in [6.45, 7) is 0.0274. The van der Waals surface area contributed by atoms with E-state index in [-0.39, 0.29) is 30.2 Å². The normalized spacial score (nSPS) is 18.1. The molecular formula is C20H21BrN2O3. The first kappa shape index (κ1) is 18.5. The van der Waals surface area contributed by atoms with E-state index in [0.717, 1.165) is 10.9 Å². The molecule has 1 fully saturated rings. The van der Waals surface area contributed by atoms with Crippen molar-refractivity contribution in [2.75, 3.05) is 26.0 Å². The van der Waals surface area contributed by atoms with E-state index in [9.17, 15) is 9.59 Å². The van der Waals surface area contributed by atoms with Gasteiger partial charge in [0.25, 0.3) is 0 Å². The number of methoxy groups -OCH3 is 1. The summed E-state index contributed by atoms with van der Waals surface area (Å²) in [5, 5.41) is 2.79. The summed E-state index contributed by atoms with van der Waals surface area (Å²) in [6, 6.07) is 15.2. The number of nitrogens with zero attached hydrogens (tertiary/aromatic N) is 1. The van der Waals surface area contributed by atoms with E-state index >= 15 is 0 Å². The van der Waals surface area contributed by atoms with Crippen LogP contribution >= 0.6 is 15.9 Å². The second-order valence-electron chi connectivity index (χ2n) is 6.47. The molecule has 1 N–H and O–H groups in total. The highest BCUT2D eigenvalue weighted by molar-refractivity contribution is 9.10. The zero-order valence-electron chi connectivity index (χ0n) is 14.7. The summed E-state index contributed by atoms with van der Waals surface area (Å²) < 4.78 is 6.16. The maximum Gasteiger partial charge on any atom is 0.243 e. The van der Waals surface area contributed by atoms with Gasteiger partial charge in [-0.3, -0.25) is 9.59 Å². The van der Waals surface area contributed by atoms with Gasteiger partial charge in [-0.1, -0.05) is 34.1 Å². The fourth-order valence-corrected chi connectivity index (χ4v) is 3.29. The lowest BCUT2D eigenvalue weighted by Gasteiger charge is -2.17. The third-order valence-electron chi connectivity index (χ3n) is 4.52. The van der Waals surface area contributed by atoms with Crippen LogP contribution in [0.25, 0.3) is 0 Å². The van der Waals surface area contributed by atoms with Crippen molar-refractivity contribution < 1.29 is 14.3 Å². The number of carbonyl (C=O) groups is 2. The van der Waals surface area contributed by atoms with Crippen molar-refractivity contribution >= 4 is 33.4 Å². The molecule has 0 radical (unpaired) electrons. The zero-order chi connectivity index (χ0) is 18.7. The van der Waals surface area contributed by atoms with Crippen molar-refractivity contribution in [3.63, 3.8) is 0 Å². The van der Waals surface area contributed by atoms with Crippen LogP contribution in [-0.4, -0.2) is 37.4 Å². The molecule has 6 heteroatoms. The van der Waals surface area contributed by atoms with E-state index in [1.165, 1.54) is 10.5 Å². The molecule has 0 bridgehead atoms. The predicted molar refractivity (Wildman–Crippen MR) is 104 cm³/mol.